The summed E-state index contributed by atoms with van der Waals surface area (Å²) in [5.74, 6) is -0.287. The minimum atomic E-state index is -0.568. The van der Waals surface area contributed by atoms with Crippen LogP contribution in [0.2, 0.25) is 0 Å². The maximum Gasteiger partial charge on any atom is 0.273 e. The van der Waals surface area contributed by atoms with E-state index in [0.717, 1.165) is 32.2 Å². The van der Waals surface area contributed by atoms with Gasteiger partial charge in [-0.1, -0.05) is 6.07 Å². The number of carbonyl (C=O) groups is 1. The monoisotopic (exact) mass is 416 g/mol. The van der Waals surface area contributed by atoms with E-state index in [4.69, 9.17) is 8.83 Å². The fraction of sp³-hybridized carbons (Fsp3) is 0.333. The lowest BCUT2D eigenvalue weighted by Gasteiger charge is -2.34. The first-order chi connectivity index (χ1) is 14.6. The largest absolute Gasteiger partial charge is 0.467 e. The molecule has 1 aliphatic heterocycles. The van der Waals surface area contributed by atoms with Crippen molar-refractivity contribution >= 4 is 5.91 Å². The fourth-order valence-electron chi connectivity index (χ4n) is 3.35. The van der Waals surface area contributed by atoms with Crippen molar-refractivity contribution in [2.24, 2.45) is 0 Å². The van der Waals surface area contributed by atoms with E-state index in [1.165, 1.54) is 18.4 Å². The van der Waals surface area contributed by atoms with Gasteiger partial charge in [-0.3, -0.25) is 14.6 Å². The molecule has 158 valence electrons. The van der Waals surface area contributed by atoms with Crippen LogP contribution >= 0.6 is 0 Å². The molecule has 4 rings (SSSR count). The lowest BCUT2D eigenvalue weighted by atomic mass is 10.2. The average Bonchev–Trinajstić information content (AvgIpc) is 3.42. The molecule has 30 heavy (non-hydrogen) atoms. The third-order valence-electron chi connectivity index (χ3n) is 5.02. The van der Waals surface area contributed by atoms with Crippen molar-refractivity contribution in [3.63, 3.8) is 0 Å². The van der Waals surface area contributed by atoms with Crippen LogP contribution in [0.25, 0.3) is 0 Å². The highest BCUT2D eigenvalue weighted by Crippen LogP contribution is 2.15. The molecule has 3 heterocycles. The van der Waals surface area contributed by atoms with Gasteiger partial charge in [-0.05, 0) is 18.2 Å². The van der Waals surface area contributed by atoms with Crippen molar-refractivity contribution in [3.8, 4) is 0 Å². The first-order valence-electron chi connectivity index (χ1n) is 9.70. The summed E-state index contributed by atoms with van der Waals surface area (Å²) < 4.78 is 37.5. The lowest BCUT2D eigenvalue weighted by molar-refractivity contribution is 0.0942. The van der Waals surface area contributed by atoms with Gasteiger partial charge in [-0.25, -0.2) is 13.8 Å². The number of amides is 1. The number of aromatic nitrogens is 1. The first-order valence-corrected chi connectivity index (χ1v) is 9.70. The summed E-state index contributed by atoms with van der Waals surface area (Å²) >= 11 is 0. The van der Waals surface area contributed by atoms with Crippen LogP contribution in [0.4, 0.5) is 8.78 Å². The van der Waals surface area contributed by atoms with Gasteiger partial charge in [0.05, 0.1) is 19.4 Å². The van der Waals surface area contributed by atoms with E-state index in [9.17, 15) is 13.6 Å². The van der Waals surface area contributed by atoms with Gasteiger partial charge in [-0.15, -0.1) is 0 Å². The number of piperazine rings is 1. The molecule has 2 aromatic heterocycles. The van der Waals surface area contributed by atoms with Crippen LogP contribution in [0.1, 0.15) is 27.7 Å². The highest BCUT2D eigenvalue weighted by atomic mass is 19.1. The molecular formula is C21H22F2N4O3. The van der Waals surface area contributed by atoms with Crippen molar-refractivity contribution in [2.75, 3.05) is 26.2 Å². The highest BCUT2D eigenvalue weighted by Gasteiger charge is 2.21. The molecule has 0 saturated carbocycles. The van der Waals surface area contributed by atoms with Crippen molar-refractivity contribution in [1.29, 1.82) is 0 Å². The first kappa shape index (κ1) is 20.2. The number of carbonyl (C=O) groups excluding carboxylic acids is 1. The van der Waals surface area contributed by atoms with E-state index in [1.807, 2.05) is 0 Å². The molecule has 9 heteroatoms. The Morgan fingerprint density at radius 1 is 1.07 bits per heavy atom. The Labute approximate surface area is 172 Å². The van der Waals surface area contributed by atoms with Gasteiger partial charge in [0.25, 0.3) is 5.91 Å². The van der Waals surface area contributed by atoms with Gasteiger partial charge in [0.1, 0.15) is 23.7 Å². The van der Waals surface area contributed by atoms with Gasteiger partial charge in [-0.2, -0.15) is 0 Å². The van der Waals surface area contributed by atoms with Gasteiger partial charge in [0.2, 0.25) is 5.89 Å². The second-order valence-corrected chi connectivity index (χ2v) is 7.18. The standard InChI is InChI=1S/C21H22F2N4O3/c22-16-4-3-15(18(23)10-16)12-26-5-7-27(8-6-26)13-20-25-19(14-30-20)21(28)24-11-17-2-1-9-29-17/h1-4,9-10,14H,5-8,11-13H2,(H,24,28). The number of oxazole rings is 1. The Morgan fingerprint density at radius 2 is 1.83 bits per heavy atom. The summed E-state index contributed by atoms with van der Waals surface area (Å²) in [6.07, 6.45) is 2.89. The van der Waals surface area contributed by atoms with E-state index in [1.54, 1.807) is 18.4 Å². The van der Waals surface area contributed by atoms with Crippen LogP contribution in [-0.4, -0.2) is 46.9 Å². The number of hydrogen-bond acceptors (Lipinski definition) is 6. The molecule has 1 saturated heterocycles. The molecule has 1 aromatic carbocycles. The highest BCUT2D eigenvalue weighted by molar-refractivity contribution is 5.91. The van der Waals surface area contributed by atoms with E-state index >= 15 is 0 Å². The summed E-state index contributed by atoms with van der Waals surface area (Å²) in [4.78, 5) is 20.7. The van der Waals surface area contributed by atoms with Crippen LogP contribution in [-0.2, 0) is 19.6 Å². The van der Waals surface area contributed by atoms with E-state index < -0.39 is 11.6 Å². The quantitative estimate of drug-likeness (QED) is 0.639. The van der Waals surface area contributed by atoms with Crippen LogP contribution in [0.3, 0.4) is 0 Å². The summed E-state index contributed by atoms with van der Waals surface area (Å²) in [5.41, 5.74) is 0.713. The second-order valence-electron chi connectivity index (χ2n) is 7.18. The fourth-order valence-corrected chi connectivity index (χ4v) is 3.35. The van der Waals surface area contributed by atoms with Gasteiger partial charge >= 0.3 is 0 Å². The smallest absolute Gasteiger partial charge is 0.273 e. The van der Waals surface area contributed by atoms with Crippen LogP contribution in [0, 0.1) is 11.6 Å². The third-order valence-corrected chi connectivity index (χ3v) is 5.02. The van der Waals surface area contributed by atoms with Gasteiger partial charge < -0.3 is 14.2 Å². The number of hydrogen-bond donors (Lipinski definition) is 1. The minimum Gasteiger partial charge on any atom is -0.467 e. The third kappa shape index (κ3) is 5.11. The topological polar surface area (TPSA) is 74.8 Å². The second kappa shape index (κ2) is 9.19. The predicted octanol–water partition coefficient (Wildman–Crippen LogP) is 2.79. The SMILES string of the molecule is O=C(NCc1ccco1)c1coc(CN2CCN(Cc3ccc(F)cc3F)CC2)n1. The predicted molar refractivity (Wildman–Crippen MR) is 103 cm³/mol. The summed E-state index contributed by atoms with van der Waals surface area (Å²) in [7, 11) is 0. The molecule has 0 radical (unpaired) electrons. The normalized spacial score (nSPS) is 15.4. The molecular weight excluding hydrogens is 394 g/mol. The molecule has 1 aliphatic rings. The van der Waals surface area contributed by atoms with Crippen molar-refractivity contribution in [2.45, 2.75) is 19.6 Å². The molecule has 0 atom stereocenters. The zero-order chi connectivity index (χ0) is 20.9. The van der Waals surface area contributed by atoms with Crippen molar-refractivity contribution in [1.82, 2.24) is 20.1 Å². The number of furan rings is 1. The number of halogens is 2. The van der Waals surface area contributed by atoms with Crippen LogP contribution in [0.15, 0.2) is 51.7 Å². The lowest BCUT2D eigenvalue weighted by Crippen LogP contribution is -2.45. The zero-order valence-corrected chi connectivity index (χ0v) is 16.3. The number of nitrogens with zero attached hydrogens (tertiary/aromatic N) is 3. The Hall–Kier alpha value is -3.04. The molecule has 1 N–H and O–H groups in total. The molecule has 0 spiro atoms. The Kier molecular flexibility index (Phi) is 6.20. The van der Waals surface area contributed by atoms with E-state index in [2.05, 4.69) is 20.1 Å². The maximum atomic E-state index is 13.8. The molecule has 1 amide bonds. The number of nitrogens with one attached hydrogen (secondary N) is 1. The molecule has 7 nitrogen and oxygen atoms in total. The summed E-state index contributed by atoms with van der Waals surface area (Å²) in [6.45, 7) is 4.21. The van der Waals surface area contributed by atoms with Crippen LogP contribution in [0.5, 0.6) is 0 Å². The van der Waals surface area contributed by atoms with E-state index in [0.29, 0.717) is 30.3 Å². The Bertz CT molecular complexity index is 982. The number of benzene rings is 1. The Balaban J connectivity index is 1.23. The molecule has 0 bridgehead atoms. The molecule has 1 fully saturated rings. The molecule has 0 unspecified atom stereocenters. The minimum absolute atomic E-state index is 0.224. The van der Waals surface area contributed by atoms with Gasteiger partial charge in [0.15, 0.2) is 5.69 Å². The van der Waals surface area contributed by atoms with Crippen LogP contribution < -0.4 is 5.32 Å². The van der Waals surface area contributed by atoms with Crippen molar-refractivity contribution in [3.05, 3.63) is 77.4 Å². The molecule has 3 aromatic rings. The summed E-state index contributed by atoms with van der Waals surface area (Å²) in [6, 6.07) is 7.21. The van der Waals surface area contributed by atoms with E-state index in [-0.39, 0.29) is 18.1 Å². The van der Waals surface area contributed by atoms with Crippen molar-refractivity contribution < 1.29 is 22.4 Å². The Morgan fingerprint density at radius 3 is 2.53 bits per heavy atom. The maximum absolute atomic E-state index is 13.8. The number of rotatable bonds is 7. The average molecular weight is 416 g/mol. The molecule has 0 aliphatic carbocycles. The summed E-state index contributed by atoms with van der Waals surface area (Å²) in [5, 5.41) is 2.73. The van der Waals surface area contributed by atoms with Gasteiger partial charge in [0, 0.05) is 44.4 Å². The zero-order valence-electron chi connectivity index (χ0n) is 16.3.